The molecule has 3 aromatic rings. The lowest BCUT2D eigenvalue weighted by Crippen LogP contribution is -2.34. The van der Waals surface area contributed by atoms with Crippen molar-refractivity contribution in [1.29, 1.82) is 0 Å². The summed E-state index contributed by atoms with van der Waals surface area (Å²) in [4.78, 5) is 17.1. The number of rotatable bonds is 4. The van der Waals surface area contributed by atoms with Gasteiger partial charge in [-0.05, 0) is 44.7 Å². The summed E-state index contributed by atoms with van der Waals surface area (Å²) < 4.78 is 45.5. The first-order valence-electron chi connectivity index (χ1n) is 9.00. The Kier molecular flexibility index (Phi) is 4.36. The van der Waals surface area contributed by atoms with Crippen molar-refractivity contribution >= 4 is 17.0 Å². The highest BCUT2D eigenvalue weighted by Crippen LogP contribution is 2.38. The van der Waals surface area contributed by atoms with E-state index in [0.29, 0.717) is 17.0 Å². The number of benzene rings is 1. The third-order valence-electron chi connectivity index (χ3n) is 5.06. The summed E-state index contributed by atoms with van der Waals surface area (Å²) in [6.45, 7) is 3.59. The van der Waals surface area contributed by atoms with Crippen LogP contribution in [0.5, 0.6) is 0 Å². The molecular weight excluding hydrogens is 371 g/mol. The summed E-state index contributed by atoms with van der Waals surface area (Å²) >= 11 is 0. The maximum absolute atomic E-state index is 13.4. The SMILES string of the molecule is Cc1noc2nc(-c3ccccc3C(F)(F)F)cc(C(=O)NC(C)C3CC3)c12. The molecule has 1 aromatic carbocycles. The van der Waals surface area contributed by atoms with Gasteiger partial charge in [0.2, 0.25) is 0 Å². The zero-order valence-corrected chi connectivity index (χ0v) is 15.3. The van der Waals surface area contributed by atoms with Crippen LogP contribution in [0.4, 0.5) is 13.2 Å². The number of aromatic nitrogens is 2. The minimum atomic E-state index is -4.55. The van der Waals surface area contributed by atoms with Gasteiger partial charge in [0, 0.05) is 11.6 Å². The first kappa shape index (κ1) is 18.5. The van der Waals surface area contributed by atoms with Crippen molar-refractivity contribution in [3.05, 3.63) is 47.2 Å². The molecule has 1 aliphatic carbocycles. The van der Waals surface area contributed by atoms with Gasteiger partial charge in [-0.15, -0.1) is 0 Å². The van der Waals surface area contributed by atoms with E-state index in [2.05, 4.69) is 15.5 Å². The number of pyridine rings is 1. The van der Waals surface area contributed by atoms with Gasteiger partial charge < -0.3 is 9.84 Å². The highest BCUT2D eigenvalue weighted by Gasteiger charge is 2.34. The van der Waals surface area contributed by atoms with E-state index in [0.717, 1.165) is 18.9 Å². The van der Waals surface area contributed by atoms with Crippen molar-refractivity contribution in [3.63, 3.8) is 0 Å². The Labute approximate surface area is 158 Å². The summed E-state index contributed by atoms with van der Waals surface area (Å²) in [5.74, 6) is 0.0686. The molecule has 1 aliphatic rings. The average molecular weight is 389 g/mol. The minimum Gasteiger partial charge on any atom is -0.349 e. The lowest BCUT2D eigenvalue weighted by molar-refractivity contribution is -0.137. The third-order valence-corrected chi connectivity index (χ3v) is 5.06. The number of fused-ring (bicyclic) bond motifs is 1. The lowest BCUT2D eigenvalue weighted by Gasteiger charge is -2.15. The molecule has 0 aliphatic heterocycles. The van der Waals surface area contributed by atoms with Crippen LogP contribution in [-0.2, 0) is 6.18 Å². The fourth-order valence-corrected chi connectivity index (χ4v) is 3.36. The maximum atomic E-state index is 13.4. The first-order chi connectivity index (χ1) is 13.3. The summed E-state index contributed by atoms with van der Waals surface area (Å²) in [6, 6.07) is 6.50. The predicted octanol–water partition coefficient (Wildman–Crippen LogP) is 4.75. The number of hydrogen-bond donors (Lipinski definition) is 1. The molecule has 0 radical (unpaired) electrons. The normalized spacial score (nSPS) is 15.6. The zero-order valence-electron chi connectivity index (χ0n) is 15.3. The quantitative estimate of drug-likeness (QED) is 0.700. The Hall–Kier alpha value is -2.90. The number of alkyl halides is 3. The number of carbonyl (C=O) groups excluding carboxylic acids is 1. The summed E-state index contributed by atoms with van der Waals surface area (Å²) in [5.41, 5.74) is -0.214. The Bertz CT molecular complexity index is 1050. The van der Waals surface area contributed by atoms with E-state index < -0.39 is 11.7 Å². The van der Waals surface area contributed by atoms with Crippen LogP contribution in [-0.4, -0.2) is 22.1 Å². The molecule has 2 heterocycles. The molecule has 8 heteroatoms. The molecule has 1 saturated carbocycles. The number of nitrogens with one attached hydrogen (secondary N) is 1. The molecule has 1 unspecified atom stereocenters. The van der Waals surface area contributed by atoms with Gasteiger partial charge in [0.1, 0.15) is 0 Å². The van der Waals surface area contributed by atoms with Crippen molar-refractivity contribution < 1.29 is 22.5 Å². The average Bonchev–Trinajstić information content (AvgIpc) is 3.44. The van der Waals surface area contributed by atoms with Gasteiger partial charge in [-0.2, -0.15) is 13.2 Å². The van der Waals surface area contributed by atoms with Gasteiger partial charge in [0.25, 0.3) is 11.6 Å². The van der Waals surface area contributed by atoms with Crippen molar-refractivity contribution in [2.24, 2.45) is 5.92 Å². The molecular formula is C20H18F3N3O2. The molecule has 5 nitrogen and oxygen atoms in total. The summed E-state index contributed by atoms with van der Waals surface area (Å²) in [7, 11) is 0. The standard InChI is InChI=1S/C20H18F3N3O2/c1-10(12-7-8-12)24-18(27)14-9-16(25-19-17(14)11(2)26-28-19)13-5-3-4-6-15(13)20(21,22)23/h3-6,9-10,12H,7-8H2,1-2H3,(H,24,27). The Morgan fingerprint density at radius 2 is 2.00 bits per heavy atom. The van der Waals surface area contributed by atoms with Crippen LogP contribution in [0.15, 0.2) is 34.9 Å². The van der Waals surface area contributed by atoms with E-state index in [4.69, 9.17) is 4.52 Å². The van der Waals surface area contributed by atoms with Gasteiger partial charge in [0.05, 0.1) is 27.9 Å². The highest BCUT2D eigenvalue weighted by molar-refractivity contribution is 6.07. The fourth-order valence-electron chi connectivity index (χ4n) is 3.36. The molecule has 28 heavy (non-hydrogen) atoms. The van der Waals surface area contributed by atoms with E-state index in [-0.39, 0.29) is 34.5 Å². The van der Waals surface area contributed by atoms with E-state index in [9.17, 15) is 18.0 Å². The largest absolute Gasteiger partial charge is 0.417 e. The first-order valence-corrected chi connectivity index (χ1v) is 9.00. The van der Waals surface area contributed by atoms with Crippen LogP contribution in [0.25, 0.3) is 22.4 Å². The van der Waals surface area contributed by atoms with Crippen LogP contribution in [0.3, 0.4) is 0 Å². The van der Waals surface area contributed by atoms with Crippen molar-refractivity contribution in [2.75, 3.05) is 0 Å². The molecule has 4 rings (SSSR count). The number of carbonyl (C=O) groups is 1. The predicted molar refractivity (Wildman–Crippen MR) is 96.6 cm³/mol. The topological polar surface area (TPSA) is 68.0 Å². The molecule has 1 amide bonds. The minimum absolute atomic E-state index is 0.0122. The second-order valence-electron chi connectivity index (χ2n) is 7.15. The number of aryl methyl sites for hydroxylation is 1. The summed E-state index contributed by atoms with van der Waals surface area (Å²) in [6.07, 6.45) is -2.43. The van der Waals surface area contributed by atoms with Crippen molar-refractivity contribution in [1.82, 2.24) is 15.5 Å². The van der Waals surface area contributed by atoms with Gasteiger partial charge in [0.15, 0.2) is 0 Å². The maximum Gasteiger partial charge on any atom is 0.417 e. The van der Waals surface area contributed by atoms with E-state index in [1.807, 2.05) is 6.92 Å². The molecule has 1 N–H and O–H groups in total. The Morgan fingerprint density at radius 3 is 2.68 bits per heavy atom. The Morgan fingerprint density at radius 1 is 1.29 bits per heavy atom. The second-order valence-corrected chi connectivity index (χ2v) is 7.15. The number of nitrogens with zero attached hydrogens (tertiary/aromatic N) is 2. The molecule has 1 fully saturated rings. The molecule has 0 saturated heterocycles. The number of halogens is 3. The lowest BCUT2D eigenvalue weighted by atomic mass is 10.0. The number of amides is 1. The van der Waals surface area contributed by atoms with Gasteiger partial charge in [-0.25, -0.2) is 4.98 Å². The van der Waals surface area contributed by atoms with Crippen LogP contribution in [0.1, 0.15) is 41.4 Å². The van der Waals surface area contributed by atoms with Gasteiger partial charge in [-0.3, -0.25) is 4.79 Å². The van der Waals surface area contributed by atoms with Crippen LogP contribution in [0.2, 0.25) is 0 Å². The van der Waals surface area contributed by atoms with Crippen LogP contribution in [0, 0.1) is 12.8 Å². The van der Waals surface area contributed by atoms with E-state index >= 15 is 0 Å². The third kappa shape index (κ3) is 3.34. The van der Waals surface area contributed by atoms with Crippen molar-refractivity contribution in [3.8, 4) is 11.3 Å². The summed E-state index contributed by atoms with van der Waals surface area (Å²) in [5, 5.41) is 7.17. The molecule has 0 spiro atoms. The molecule has 2 aromatic heterocycles. The van der Waals surface area contributed by atoms with E-state index in [1.165, 1.54) is 24.3 Å². The van der Waals surface area contributed by atoms with E-state index in [1.54, 1.807) is 6.92 Å². The second kappa shape index (κ2) is 6.61. The van der Waals surface area contributed by atoms with Crippen LogP contribution >= 0.6 is 0 Å². The van der Waals surface area contributed by atoms with Gasteiger partial charge >= 0.3 is 6.18 Å². The molecule has 1 atom stereocenters. The fraction of sp³-hybridized carbons (Fsp3) is 0.350. The van der Waals surface area contributed by atoms with Gasteiger partial charge in [-0.1, -0.05) is 23.4 Å². The molecule has 0 bridgehead atoms. The molecule has 146 valence electrons. The van der Waals surface area contributed by atoms with Crippen molar-refractivity contribution in [2.45, 2.75) is 38.9 Å². The Balaban J connectivity index is 1.85. The monoisotopic (exact) mass is 389 g/mol. The highest BCUT2D eigenvalue weighted by atomic mass is 19.4. The smallest absolute Gasteiger partial charge is 0.349 e. The number of hydrogen-bond acceptors (Lipinski definition) is 4. The zero-order chi connectivity index (χ0) is 20.1. The van der Waals surface area contributed by atoms with Crippen LogP contribution < -0.4 is 5.32 Å².